The minimum atomic E-state index is 0.855. The monoisotopic (exact) mass is 161 g/mol. The number of ether oxygens (including phenoxy) is 1. The van der Waals surface area contributed by atoms with E-state index in [0.717, 1.165) is 18.8 Å². The van der Waals surface area contributed by atoms with Crippen molar-refractivity contribution in [2.45, 2.75) is 25.7 Å². The third-order valence-electron chi connectivity index (χ3n) is 2.80. The first-order chi connectivity index (χ1) is 5.95. The van der Waals surface area contributed by atoms with Crippen molar-refractivity contribution in [3.8, 4) is 5.75 Å². The number of hydrogen-bond donors (Lipinski definition) is 0. The van der Waals surface area contributed by atoms with Crippen LogP contribution in [0.25, 0.3) is 0 Å². The third kappa shape index (κ3) is 0.724. The van der Waals surface area contributed by atoms with Crippen LogP contribution >= 0.6 is 0 Å². The van der Waals surface area contributed by atoms with Gasteiger partial charge in [0, 0.05) is 17.7 Å². The van der Waals surface area contributed by atoms with E-state index in [-0.39, 0.29) is 0 Å². The Bertz CT molecular complexity index is 300. The highest BCUT2D eigenvalue weighted by Gasteiger charge is 2.22. The van der Waals surface area contributed by atoms with Crippen LogP contribution in [-0.4, -0.2) is 11.6 Å². The summed E-state index contributed by atoms with van der Waals surface area (Å²) in [5.41, 5.74) is 4.25. The zero-order valence-corrected chi connectivity index (χ0v) is 6.97. The molecule has 0 N–H and O–H groups in total. The predicted molar refractivity (Wildman–Crippen MR) is 45.5 cm³/mol. The summed E-state index contributed by atoms with van der Waals surface area (Å²) >= 11 is 0. The molecule has 0 spiro atoms. The van der Waals surface area contributed by atoms with Crippen molar-refractivity contribution < 1.29 is 4.74 Å². The molecule has 2 heterocycles. The number of fused-ring (bicyclic) bond motifs is 3. The van der Waals surface area contributed by atoms with E-state index >= 15 is 0 Å². The van der Waals surface area contributed by atoms with Gasteiger partial charge in [-0.25, -0.2) is 0 Å². The lowest BCUT2D eigenvalue weighted by molar-refractivity contribution is 0.355. The van der Waals surface area contributed by atoms with Crippen LogP contribution in [0.1, 0.15) is 23.2 Å². The number of pyridine rings is 1. The maximum absolute atomic E-state index is 5.46. The van der Waals surface area contributed by atoms with Gasteiger partial charge < -0.3 is 4.74 Å². The number of aromatic nitrogens is 1. The van der Waals surface area contributed by atoms with Gasteiger partial charge in [0.2, 0.25) is 0 Å². The first-order valence-electron chi connectivity index (χ1n) is 4.57. The number of rotatable bonds is 0. The Morgan fingerprint density at radius 1 is 1.17 bits per heavy atom. The molecule has 2 heteroatoms. The fourth-order valence-corrected chi connectivity index (χ4v) is 2.22. The van der Waals surface area contributed by atoms with Crippen molar-refractivity contribution in [3.63, 3.8) is 0 Å². The SMILES string of the molecule is c1nc2c(c3c1OCC3)CCC2. The Balaban J connectivity index is 2.24. The quantitative estimate of drug-likeness (QED) is 0.575. The fraction of sp³-hybridized carbons (Fsp3) is 0.500. The van der Waals surface area contributed by atoms with Crippen LogP contribution in [0.4, 0.5) is 0 Å². The van der Waals surface area contributed by atoms with Crippen molar-refractivity contribution in [1.82, 2.24) is 4.98 Å². The molecule has 1 aliphatic carbocycles. The van der Waals surface area contributed by atoms with Gasteiger partial charge in [-0.05, 0) is 24.8 Å². The van der Waals surface area contributed by atoms with E-state index in [0.29, 0.717) is 0 Å². The molecule has 1 aliphatic heterocycles. The maximum atomic E-state index is 5.46. The van der Waals surface area contributed by atoms with Crippen LogP contribution in [-0.2, 0) is 19.3 Å². The molecule has 0 fully saturated rings. The van der Waals surface area contributed by atoms with E-state index in [9.17, 15) is 0 Å². The van der Waals surface area contributed by atoms with Gasteiger partial charge in [-0.2, -0.15) is 0 Å². The van der Waals surface area contributed by atoms with Crippen LogP contribution in [0, 0.1) is 0 Å². The zero-order chi connectivity index (χ0) is 7.97. The van der Waals surface area contributed by atoms with Crippen molar-refractivity contribution in [1.29, 1.82) is 0 Å². The molecule has 1 aromatic rings. The number of nitrogens with zero attached hydrogens (tertiary/aromatic N) is 1. The lowest BCUT2D eigenvalue weighted by Gasteiger charge is -2.03. The Morgan fingerprint density at radius 3 is 3.17 bits per heavy atom. The van der Waals surface area contributed by atoms with Gasteiger partial charge in [0.15, 0.2) is 0 Å². The second-order valence-corrected chi connectivity index (χ2v) is 3.48. The molecule has 0 saturated heterocycles. The molecule has 2 aliphatic rings. The molecule has 0 radical (unpaired) electrons. The van der Waals surface area contributed by atoms with Gasteiger partial charge in [-0.15, -0.1) is 0 Å². The zero-order valence-electron chi connectivity index (χ0n) is 6.97. The van der Waals surface area contributed by atoms with Gasteiger partial charge in [0.25, 0.3) is 0 Å². The summed E-state index contributed by atoms with van der Waals surface area (Å²) in [4.78, 5) is 4.41. The second kappa shape index (κ2) is 2.22. The Kier molecular flexibility index (Phi) is 1.20. The first-order valence-corrected chi connectivity index (χ1v) is 4.57. The fourth-order valence-electron chi connectivity index (χ4n) is 2.22. The van der Waals surface area contributed by atoms with E-state index in [1.165, 1.54) is 36.1 Å². The smallest absolute Gasteiger partial charge is 0.141 e. The molecule has 0 atom stereocenters. The average Bonchev–Trinajstić information content (AvgIpc) is 2.71. The molecule has 1 aromatic heterocycles. The topological polar surface area (TPSA) is 22.1 Å². The Morgan fingerprint density at radius 2 is 2.17 bits per heavy atom. The van der Waals surface area contributed by atoms with Crippen LogP contribution in [0.3, 0.4) is 0 Å². The van der Waals surface area contributed by atoms with E-state index < -0.39 is 0 Å². The van der Waals surface area contributed by atoms with Gasteiger partial charge in [-0.3, -0.25) is 4.98 Å². The van der Waals surface area contributed by atoms with Crippen molar-refractivity contribution in [2.75, 3.05) is 6.61 Å². The van der Waals surface area contributed by atoms with Crippen molar-refractivity contribution >= 4 is 0 Å². The number of hydrogen-bond acceptors (Lipinski definition) is 2. The van der Waals surface area contributed by atoms with E-state index in [2.05, 4.69) is 4.98 Å². The van der Waals surface area contributed by atoms with E-state index in [1.54, 1.807) is 0 Å². The average molecular weight is 161 g/mol. The maximum Gasteiger partial charge on any atom is 0.141 e. The standard InChI is InChI=1S/C10H11NO/c1-2-7-8-4-5-12-10(8)6-11-9(7)3-1/h6H,1-5H2. The summed E-state index contributed by atoms with van der Waals surface area (Å²) < 4.78 is 5.46. The van der Waals surface area contributed by atoms with Crippen LogP contribution < -0.4 is 4.74 Å². The summed E-state index contributed by atoms with van der Waals surface area (Å²) in [5, 5.41) is 0. The first kappa shape index (κ1) is 6.46. The summed E-state index contributed by atoms with van der Waals surface area (Å²) in [6.07, 6.45) is 6.66. The summed E-state index contributed by atoms with van der Waals surface area (Å²) in [5.74, 6) is 1.04. The van der Waals surface area contributed by atoms with Gasteiger partial charge in [0.1, 0.15) is 5.75 Å². The minimum Gasteiger partial charge on any atom is -0.491 e. The second-order valence-electron chi connectivity index (χ2n) is 3.48. The number of aryl methyl sites for hydroxylation is 1. The summed E-state index contributed by atoms with van der Waals surface area (Å²) in [6, 6.07) is 0. The van der Waals surface area contributed by atoms with E-state index in [1.807, 2.05) is 6.20 Å². The largest absolute Gasteiger partial charge is 0.491 e. The van der Waals surface area contributed by atoms with Crippen LogP contribution in [0.2, 0.25) is 0 Å². The predicted octanol–water partition coefficient (Wildman–Crippen LogP) is 1.51. The van der Waals surface area contributed by atoms with Gasteiger partial charge >= 0.3 is 0 Å². The van der Waals surface area contributed by atoms with Crippen LogP contribution in [0.15, 0.2) is 6.20 Å². The molecule has 0 saturated carbocycles. The Labute approximate surface area is 71.6 Å². The molecule has 0 bridgehead atoms. The van der Waals surface area contributed by atoms with Crippen LogP contribution in [0.5, 0.6) is 5.75 Å². The highest BCUT2D eigenvalue weighted by Crippen LogP contribution is 2.33. The molecular formula is C10H11NO. The molecule has 0 amide bonds. The molecule has 3 rings (SSSR count). The highest BCUT2D eigenvalue weighted by atomic mass is 16.5. The minimum absolute atomic E-state index is 0.855. The van der Waals surface area contributed by atoms with E-state index in [4.69, 9.17) is 4.74 Å². The summed E-state index contributed by atoms with van der Waals surface area (Å²) in [6.45, 7) is 0.855. The lowest BCUT2D eigenvalue weighted by atomic mass is 10.1. The normalized spacial score (nSPS) is 18.7. The molecule has 0 aromatic carbocycles. The molecule has 0 unspecified atom stereocenters. The highest BCUT2D eigenvalue weighted by molar-refractivity contribution is 5.45. The molecule has 2 nitrogen and oxygen atoms in total. The molecule has 62 valence electrons. The lowest BCUT2D eigenvalue weighted by Crippen LogP contribution is -1.92. The van der Waals surface area contributed by atoms with Gasteiger partial charge in [0.05, 0.1) is 12.8 Å². The Hall–Kier alpha value is -1.05. The molecular weight excluding hydrogens is 150 g/mol. The summed E-state index contributed by atoms with van der Waals surface area (Å²) in [7, 11) is 0. The van der Waals surface area contributed by atoms with Gasteiger partial charge in [-0.1, -0.05) is 0 Å². The third-order valence-corrected chi connectivity index (χ3v) is 2.80. The molecule has 12 heavy (non-hydrogen) atoms. The van der Waals surface area contributed by atoms with Crippen molar-refractivity contribution in [2.24, 2.45) is 0 Å². The van der Waals surface area contributed by atoms with Crippen molar-refractivity contribution in [3.05, 3.63) is 23.0 Å².